The van der Waals surface area contributed by atoms with E-state index in [1.165, 1.54) is 0 Å². The van der Waals surface area contributed by atoms with Gasteiger partial charge in [0.1, 0.15) is 0 Å². The zero-order valence-electron chi connectivity index (χ0n) is 3.06. The second-order valence-corrected chi connectivity index (χ2v) is 2.61. The van der Waals surface area contributed by atoms with Crippen LogP contribution < -0.4 is 25.1 Å². The molecule has 0 atom stereocenters. The molecule has 0 saturated carbocycles. The van der Waals surface area contributed by atoms with Crippen LogP contribution >= 0.6 is 0 Å². The Hall–Kier alpha value is -0.0600. The molecule has 0 unspecified atom stereocenters. The van der Waals surface area contributed by atoms with E-state index in [2.05, 4.69) is 12.8 Å². The molecule has 1 heterocycles. The molecule has 1 aliphatic heterocycles. The van der Waals surface area contributed by atoms with Crippen molar-refractivity contribution in [1.29, 1.82) is 0 Å². The molecule has 0 aliphatic carbocycles. The zero-order valence-corrected chi connectivity index (χ0v) is 5.21. The maximum atomic E-state index is 3.76. The summed E-state index contributed by atoms with van der Waals surface area (Å²) in [5.74, 6) is 0. The van der Waals surface area contributed by atoms with Gasteiger partial charge in [0, 0.05) is 0 Å². The van der Waals surface area contributed by atoms with E-state index in [1.807, 2.05) is 6.08 Å². The van der Waals surface area contributed by atoms with Gasteiger partial charge >= 0.3 is 46.6 Å². The monoisotopic (exact) mass is 195 g/mol. The van der Waals surface area contributed by atoms with Crippen LogP contribution in [0, 0.1) is 0 Å². The Morgan fingerprint density at radius 2 is 2.67 bits per heavy atom. The third kappa shape index (κ3) is 0.965. The number of allylic oxidation sites excluding steroid dienone is 1. The van der Waals surface area contributed by atoms with Crippen molar-refractivity contribution in [2.45, 2.75) is 0 Å². The van der Waals surface area contributed by atoms with Crippen molar-refractivity contribution in [1.82, 2.24) is 3.64 Å². The number of nitrogens with one attached hydrogen (secondary N) is 1. The van der Waals surface area contributed by atoms with Crippen LogP contribution in [0.2, 0.25) is 0 Å². The van der Waals surface area contributed by atoms with E-state index < -0.39 is 0 Å². The third-order valence-electron chi connectivity index (χ3n) is 0.394. The molecule has 0 aromatic heterocycles. The Kier molecular flexibility index (Phi) is 1.49. The van der Waals surface area contributed by atoms with Crippen molar-refractivity contribution >= 4 is 6.21 Å². The van der Waals surface area contributed by atoms with E-state index in [9.17, 15) is 0 Å². The van der Waals surface area contributed by atoms with Gasteiger partial charge in [-0.05, 0) is 0 Å². The van der Waals surface area contributed by atoms with E-state index in [4.69, 9.17) is 0 Å². The number of halogens is 1. The molecule has 0 amide bonds. The average Bonchev–Trinajstić information content (AvgIpc) is 1.72. The SMILES string of the molecule is C1=C[I-]NN=C1. The minimum absolute atomic E-state index is 0.0863. The summed E-state index contributed by atoms with van der Waals surface area (Å²) in [7, 11) is 0. The van der Waals surface area contributed by atoms with Crippen LogP contribution in [0.25, 0.3) is 0 Å². The van der Waals surface area contributed by atoms with Crippen molar-refractivity contribution in [3.63, 3.8) is 0 Å². The van der Waals surface area contributed by atoms with Crippen LogP contribution in [0.5, 0.6) is 0 Å². The van der Waals surface area contributed by atoms with Crippen molar-refractivity contribution in [3.05, 3.63) is 10.2 Å². The van der Waals surface area contributed by atoms with Crippen LogP contribution in [0.4, 0.5) is 0 Å². The molecular formula is C3H4IN2-. The Bertz CT molecular complexity index is 74.8. The second kappa shape index (κ2) is 2.17. The van der Waals surface area contributed by atoms with Gasteiger partial charge < -0.3 is 0 Å². The second-order valence-electron chi connectivity index (χ2n) is 0.790. The molecule has 34 valence electrons. The van der Waals surface area contributed by atoms with Crippen LogP contribution in [0.1, 0.15) is 0 Å². The fraction of sp³-hybridized carbons (Fsp3) is 0. The quantitative estimate of drug-likeness (QED) is 0.325. The average molecular weight is 195 g/mol. The first-order chi connectivity index (χ1) is 3.00. The maximum absolute atomic E-state index is 3.76. The summed E-state index contributed by atoms with van der Waals surface area (Å²) in [6.45, 7) is 0. The van der Waals surface area contributed by atoms with Gasteiger partial charge in [-0.2, -0.15) is 0 Å². The molecular weight excluding hydrogens is 191 g/mol. The molecule has 3 heteroatoms. The molecule has 1 rings (SSSR count). The van der Waals surface area contributed by atoms with Crippen LogP contribution in [-0.4, -0.2) is 6.21 Å². The first-order valence-electron chi connectivity index (χ1n) is 1.56. The van der Waals surface area contributed by atoms with Gasteiger partial charge in [-0.1, -0.05) is 0 Å². The summed E-state index contributed by atoms with van der Waals surface area (Å²) in [5.41, 5.74) is 0. The summed E-state index contributed by atoms with van der Waals surface area (Å²) in [6.07, 6.45) is 3.72. The van der Waals surface area contributed by atoms with Gasteiger partial charge in [-0.15, -0.1) is 0 Å². The standard InChI is InChI=1S/C3H4IN2/c1-2-4-6-5-3-1/h1-3,6H/q-1. The molecule has 0 aromatic carbocycles. The third-order valence-corrected chi connectivity index (χ3v) is 1.73. The predicted octanol–water partition coefficient (Wildman–Crippen LogP) is -2.91. The topological polar surface area (TPSA) is 24.4 Å². The summed E-state index contributed by atoms with van der Waals surface area (Å²) in [4.78, 5) is 0. The molecule has 0 spiro atoms. The molecule has 6 heavy (non-hydrogen) atoms. The summed E-state index contributed by atoms with van der Waals surface area (Å²) >= 11 is 0.0863. The minimum atomic E-state index is 0.0863. The Morgan fingerprint density at radius 1 is 1.67 bits per heavy atom. The van der Waals surface area contributed by atoms with Gasteiger partial charge in [0.25, 0.3) is 0 Å². The predicted molar refractivity (Wildman–Crippen MR) is 20.8 cm³/mol. The number of hydrogen-bond donors (Lipinski definition) is 1. The van der Waals surface area contributed by atoms with Gasteiger partial charge in [-0.3, -0.25) is 0 Å². The summed E-state index contributed by atoms with van der Waals surface area (Å²) < 4.78 is 4.99. The van der Waals surface area contributed by atoms with Crippen molar-refractivity contribution < 1.29 is 21.5 Å². The number of rotatable bonds is 0. The Morgan fingerprint density at radius 3 is 2.83 bits per heavy atom. The summed E-state index contributed by atoms with van der Waals surface area (Å²) in [5, 5.41) is 3.76. The molecule has 0 saturated heterocycles. The Labute approximate surface area is 46.9 Å². The first-order valence-corrected chi connectivity index (χ1v) is 3.88. The number of hydrazone groups is 1. The number of nitrogens with zero attached hydrogens (tertiary/aromatic N) is 1. The van der Waals surface area contributed by atoms with Crippen LogP contribution in [0.3, 0.4) is 0 Å². The van der Waals surface area contributed by atoms with E-state index in [1.54, 1.807) is 6.21 Å². The molecule has 1 aliphatic rings. The van der Waals surface area contributed by atoms with Crippen LogP contribution in [-0.2, 0) is 0 Å². The van der Waals surface area contributed by atoms with E-state index in [0.29, 0.717) is 0 Å². The Balaban J connectivity index is 2.46. The molecule has 2 nitrogen and oxygen atoms in total. The molecule has 0 bridgehead atoms. The van der Waals surface area contributed by atoms with E-state index in [-0.39, 0.29) is 21.5 Å². The fourth-order valence-electron chi connectivity index (χ4n) is 0.196. The van der Waals surface area contributed by atoms with Crippen LogP contribution in [0.15, 0.2) is 15.3 Å². The normalized spacial score (nSPS) is 18.7. The molecule has 0 radical (unpaired) electrons. The van der Waals surface area contributed by atoms with Gasteiger partial charge in [0.15, 0.2) is 0 Å². The molecule has 0 fully saturated rings. The number of hydrogen-bond acceptors (Lipinski definition) is 2. The van der Waals surface area contributed by atoms with Crippen molar-refractivity contribution in [2.75, 3.05) is 0 Å². The fourth-order valence-corrected chi connectivity index (χ4v) is 1.07. The van der Waals surface area contributed by atoms with Crippen molar-refractivity contribution in [2.24, 2.45) is 5.10 Å². The molecule has 0 aromatic rings. The first kappa shape index (κ1) is 4.11. The molecule has 1 N–H and O–H groups in total. The van der Waals surface area contributed by atoms with Gasteiger partial charge in [0.05, 0.1) is 0 Å². The zero-order chi connectivity index (χ0) is 4.24. The summed E-state index contributed by atoms with van der Waals surface area (Å²) in [6, 6.07) is 0. The van der Waals surface area contributed by atoms with E-state index in [0.717, 1.165) is 0 Å². The van der Waals surface area contributed by atoms with E-state index >= 15 is 0 Å². The van der Waals surface area contributed by atoms with Crippen molar-refractivity contribution in [3.8, 4) is 0 Å². The van der Waals surface area contributed by atoms with Gasteiger partial charge in [0.2, 0.25) is 0 Å². The van der Waals surface area contributed by atoms with Gasteiger partial charge in [-0.25, -0.2) is 0 Å².